The lowest BCUT2D eigenvalue weighted by Crippen LogP contribution is -2.40. The second kappa shape index (κ2) is 8.28. The summed E-state index contributed by atoms with van der Waals surface area (Å²) in [5.41, 5.74) is 2.58. The molecule has 1 atom stereocenters. The lowest BCUT2D eigenvalue weighted by atomic mass is 10.1. The van der Waals surface area contributed by atoms with Crippen molar-refractivity contribution in [3.63, 3.8) is 0 Å². The molecule has 0 saturated heterocycles. The highest BCUT2D eigenvalue weighted by molar-refractivity contribution is 5.95. The Morgan fingerprint density at radius 3 is 2.73 bits per heavy atom. The summed E-state index contributed by atoms with van der Waals surface area (Å²) >= 11 is 0. The van der Waals surface area contributed by atoms with Crippen molar-refractivity contribution in [2.24, 2.45) is 0 Å². The van der Waals surface area contributed by atoms with Crippen LogP contribution in [0.3, 0.4) is 0 Å². The molecule has 0 saturated carbocycles. The Hall–Kier alpha value is -2.46. The standard InChI is InChI=1S/C16H19F3N4O3/c1-4-25-20-8-9(2)21-14(24)11-6-5-10(7-12(11)17)13-22-15(26-23-13)16(3,18)19/h5-7,9,20H,4,8H2,1-3H3,(H,21,24). The lowest BCUT2D eigenvalue weighted by molar-refractivity contribution is -0.0158. The van der Waals surface area contributed by atoms with Gasteiger partial charge in [0, 0.05) is 25.1 Å². The number of aromatic nitrogens is 2. The number of rotatable bonds is 8. The van der Waals surface area contributed by atoms with Crippen LogP contribution in [0, 0.1) is 5.82 Å². The molecular formula is C16H19F3N4O3. The summed E-state index contributed by atoms with van der Waals surface area (Å²) in [6, 6.07) is 3.26. The molecule has 2 rings (SSSR count). The highest BCUT2D eigenvalue weighted by Gasteiger charge is 2.32. The quantitative estimate of drug-likeness (QED) is 0.547. The van der Waals surface area contributed by atoms with Crippen molar-refractivity contribution in [1.29, 1.82) is 0 Å². The summed E-state index contributed by atoms with van der Waals surface area (Å²) in [4.78, 5) is 20.6. The number of benzene rings is 1. The number of amides is 1. The molecule has 0 spiro atoms. The van der Waals surface area contributed by atoms with E-state index in [2.05, 4.69) is 25.5 Å². The first-order valence-corrected chi connectivity index (χ1v) is 7.89. The summed E-state index contributed by atoms with van der Waals surface area (Å²) in [5.74, 6) is -5.81. The van der Waals surface area contributed by atoms with Gasteiger partial charge in [-0.2, -0.15) is 13.8 Å². The Morgan fingerprint density at radius 1 is 1.42 bits per heavy atom. The van der Waals surface area contributed by atoms with Crippen LogP contribution >= 0.6 is 0 Å². The molecule has 10 heteroatoms. The fourth-order valence-electron chi connectivity index (χ4n) is 2.00. The van der Waals surface area contributed by atoms with Crippen LogP contribution in [0.2, 0.25) is 0 Å². The molecule has 0 aliphatic rings. The zero-order valence-corrected chi connectivity index (χ0v) is 14.5. The molecule has 142 valence electrons. The molecule has 0 aliphatic carbocycles. The first-order valence-electron chi connectivity index (χ1n) is 7.89. The first-order chi connectivity index (χ1) is 12.2. The van der Waals surface area contributed by atoms with Crippen molar-refractivity contribution in [3.8, 4) is 11.4 Å². The highest BCUT2D eigenvalue weighted by atomic mass is 19.3. The van der Waals surface area contributed by atoms with E-state index in [0.29, 0.717) is 20.1 Å². The third-order valence-corrected chi connectivity index (χ3v) is 3.29. The maximum Gasteiger partial charge on any atom is 0.322 e. The topological polar surface area (TPSA) is 89.3 Å². The third-order valence-electron chi connectivity index (χ3n) is 3.29. The normalized spacial score (nSPS) is 12.8. The molecule has 0 aliphatic heterocycles. The predicted octanol–water partition coefficient (Wildman–Crippen LogP) is 2.65. The second-order valence-electron chi connectivity index (χ2n) is 5.66. The summed E-state index contributed by atoms with van der Waals surface area (Å²) in [6.07, 6.45) is 0. The molecule has 26 heavy (non-hydrogen) atoms. The minimum absolute atomic E-state index is 0.115. The first kappa shape index (κ1) is 19.9. The van der Waals surface area contributed by atoms with Crippen molar-refractivity contribution >= 4 is 5.91 Å². The van der Waals surface area contributed by atoms with Gasteiger partial charge in [-0.05, 0) is 26.0 Å². The number of nitrogens with one attached hydrogen (secondary N) is 2. The number of hydrogen-bond donors (Lipinski definition) is 2. The molecule has 2 aromatic rings. The number of carbonyl (C=O) groups excluding carboxylic acids is 1. The molecule has 1 unspecified atom stereocenters. The Labute approximate surface area is 147 Å². The minimum atomic E-state index is -3.30. The van der Waals surface area contributed by atoms with E-state index in [1.165, 1.54) is 12.1 Å². The molecule has 1 amide bonds. The van der Waals surface area contributed by atoms with Gasteiger partial charge >= 0.3 is 5.92 Å². The van der Waals surface area contributed by atoms with Gasteiger partial charge in [-0.15, -0.1) is 0 Å². The summed E-state index contributed by atoms with van der Waals surface area (Å²) in [6.45, 7) is 4.96. The van der Waals surface area contributed by atoms with Gasteiger partial charge in [-0.1, -0.05) is 11.2 Å². The van der Waals surface area contributed by atoms with Gasteiger partial charge in [0.05, 0.1) is 12.2 Å². The second-order valence-corrected chi connectivity index (χ2v) is 5.66. The summed E-state index contributed by atoms with van der Waals surface area (Å²) in [7, 11) is 0. The van der Waals surface area contributed by atoms with Gasteiger partial charge in [-0.25, -0.2) is 9.87 Å². The van der Waals surface area contributed by atoms with Crippen molar-refractivity contribution in [3.05, 3.63) is 35.5 Å². The molecule has 1 aromatic heterocycles. The summed E-state index contributed by atoms with van der Waals surface area (Å²) < 4.78 is 45.0. The van der Waals surface area contributed by atoms with E-state index in [1.54, 1.807) is 6.92 Å². The van der Waals surface area contributed by atoms with Crippen LogP contribution in [0.4, 0.5) is 13.2 Å². The predicted molar refractivity (Wildman–Crippen MR) is 85.8 cm³/mol. The average Bonchev–Trinajstić information content (AvgIpc) is 3.05. The molecule has 7 nitrogen and oxygen atoms in total. The molecule has 1 heterocycles. The van der Waals surface area contributed by atoms with Gasteiger partial charge in [0.15, 0.2) is 0 Å². The SMILES string of the molecule is CCONCC(C)NC(=O)c1ccc(-c2noc(C(C)(F)F)n2)cc1F. The monoisotopic (exact) mass is 372 g/mol. The van der Waals surface area contributed by atoms with Crippen LogP contribution in [0.15, 0.2) is 22.7 Å². The Balaban J connectivity index is 2.09. The maximum atomic E-state index is 14.2. The van der Waals surface area contributed by atoms with E-state index in [-0.39, 0.29) is 23.0 Å². The molecule has 0 bridgehead atoms. The van der Waals surface area contributed by atoms with Crippen LogP contribution in [0.25, 0.3) is 11.4 Å². The maximum absolute atomic E-state index is 14.2. The Bertz CT molecular complexity index is 761. The number of hydroxylamine groups is 1. The van der Waals surface area contributed by atoms with E-state index in [4.69, 9.17) is 4.84 Å². The van der Waals surface area contributed by atoms with Gasteiger partial charge < -0.3 is 14.7 Å². The van der Waals surface area contributed by atoms with E-state index in [0.717, 1.165) is 6.07 Å². The average molecular weight is 372 g/mol. The van der Waals surface area contributed by atoms with Crippen LogP contribution < -0.4 is 10.8 Å². The van der Waals surface area contributed by atoms with Crippen LogP contribution in [-0.4, -0.2) is 35.2 Å². The zero-order chi connectivity index (χ0) is 19.3. The summed E-state index contributed by atoms with van der Waals surface area (Å²) in [5, 5.41) is 6.01. The van der Waals surface area contributed by atoms with Gasteiger partial charge in [0.25, 0.3) is 11.8 Å². The minimum Gasteiger partial charge on any atom is -0.348 e. The van der Waals surface area contributed by atoms with Gasteiger partial charge in [0.2, 0.25) is 5.82 Å². The van der Waals surface area contributed by atoms with Gasteiger partial charge in [0.1, 0.15) is 5.82 Å². The van der Waals surface area contributed by atoms with E-state index in [1.807, 2.05) is 6.92 Å². The van der Waals surface area contributed by atoms with Crippen molar-refractivity contribution in [2.75, 3.05) is 13.2 Å². The third kappa shape index (κ3) is 5.02. The zero-order valence-electron chi connectivity index (χ0n) is 14.5. The fraction of sp³-hybridized carbons (Fsp3) is 0.438. The van der Waals surface area contributed by atoms with E-state index in [9.17, 15) is 18.0 Å². The van der Waals surface area contributed by atoms with Crippen molar-refractivity contribution < 1.29 is 27.3 Å². The van der Waals surface area contributed by atoms with E-state index >= 15 is 0 Å². The number of halogens is 3. The van der Waals surface area contributed by atoms with Crippen LogP contribution in [0.1, 0.15) is 37.0 Å². The van der Waals surface area contributed by atoms with Crippen molar-refractivity contribution in [2.45, 2.75) is 32.7 Å². The molecule has 1 aromatic carbocycles. The van der Waals surface area contributed by atoms with Gasteiger partial charge in [-0.3, -0.25) is 4.79 Å². The number of alkyl halides is 2. The number of nitrogens with zero attached hydrogens (tertiary/aromatic N) is 2. The Kier molecular flexibility index (Phi) is 6.32. The smallest absolute Gasteiger partial charge is 0.322 e. The van der Waals surface area contributed by atoms with E-state index < -0.39 is 23.5 Å². The molecule has 0 radical (unpaired) electrons. The van der Waals surface area contributed by atoms with Crippen LogP contribution in [0.5, 0.6) is 0 Å². The largest absolute Gasteiger partial charge is 0.348 e. The van der Waals surface area contributed by atoms with Crippen LogP contribution in [-0.2, 0) is 10.8 Å². The molecular weight excluding hydrogens is 353 g/mol. The highest BCUT2D eigenvalue weighted by Crippen LogP contribution is 2.27. The molecule has 0 fully saturated rings. The number of hydrogen-bond acceptors (Lipinski definition) is 6. The lowest BCUT2D eigenvalue weighted by Gasteiger charge is -2.14. The number of carbonyl (C=O) groups is 1. The van der Waals surface area contributed by atoms with Crippen molar-refractivity contribution in [1.82, 2.24) is 20.9 Å². The fourth-order valence-corrected chi connectivity index (χ4v) is 2.00. The molecule has 2 N–H and O–H groups in total. The Morgan fingerprint density at radius 2 is 2.15 bits per heavy atom.